The van der Waals surface area contributed by atoms with Crippen LogP contribution in [-0.2, 0) is 0 Å². The Hall–Kier alpha value is -0.120. The Balaban J connectivity index is 2.53. The largest absolute Gasteiger partial charge is 0.396 e. The molecule has 2 N–H and O–H groups in total. The highest BCUT2D eigenvalue weighted by Gasteiger charge is 2.35. The summed E-state index contributed by atoms with van der Waals surface area (Å²) in [6.07, 6.45) is 5.71. The normalized spacial score (nSPS) is 29.8. The maximum Gasteiger partial charge on any atom is 0.0499 e. The van der Waals surface area contributed by atoms with Gasteiger partial charge in [0, 0.05) is 31.7 Å². The predicted octanol–water partition coefficient (Wildman–Crippen LogP) is 1.88. The molecule has 1 aliphatic rings. The molecule has 0 saturated heterocycles. The van der Waals surface area contributed by atoms with Gasteiger partial charge in [0.2, 0.25) is 0 Å². The number of nitrogens with zero attached hydrogens (tertiary/aromatic N) is 1. The van der Waals surface area contributed by atoms with Crippen LogP contribution in [0.4, 0.5) is 0 Å². The Morgan fingerprint density at radius 2 is 2.12 bits per heavy atom. The second-order valence-corrected chi connectivity index (χ2v) is 5.81. The number of rotatable bonds is 7. The Bertz CT molecular complexity index is 210. The number of aliphatic hydroxyl groups is 2. The van der Waals surface area contributed by atoms with Gasteiger partial charge in [0.05, 0.1) is 0 Å². The van der Waals surface area contributed by atoms with Crippen molar-refractivity contribution in [1.82, 2.24) is 4.90 Å². The Kier molecular flexibility index (Phi) is 6.45. The third kappa shape index (κ3) is 4.57. The molecule has 1 fully saturated rings. The first-order chi connectivity index (χ1) is 8.15. The molecular weight excluding hydrogens is 214 g/mol. The van der Waals surface area contributed by atoms with Crippen LogP contribution in [0.25, 0.3) is 0 Å². The van der Waals surface area contributed by atoms with Crippen LogP contribution in [0.2, 0.25) is 0 Å². The van der Waals surface area contributed by atoms with Crippen molar-refractivity contribution in [2.45, 2.75) is 46.0 Å². The van der Waals surface area contributed by atoms with Crippen molar-refractivity contribution >= 4 is 0 Å². The summed E-state index contributed by atoms with van der Waals surface area (Å²) in [5, 5.41) is 18.7. The van der Waals surface area contributed by atoms with Gasteiger partial charge in [-0.05, 0) is 31.7 Å². The van der Waals surface area contributed by atoms with Gasteiger partial charge in [0.15, 0.2) is 0 Å². The molecule has 0 radical (unpaired) electrons. The molecule has 3 heteroatoms. The van der Waals surface area contributed by atoms with Crippen LogP contribution >= 0.6 is 0 Å². The quantitative estimate of drug-likeness (QED) is 0.717. The van der Waals surface area contributed by atoms with Gasteiger partial charge < -0.3 is 15.1 Å². The zero-order valence-corrected chi connectivity index (χ0v) is 11.5. The van der Waals surface area contributed by atoms with Crippen LogP contribution in [0.15, 0.2) is 0 Å². The fourth-order valence-corrected chi connectivity index (χ4v) is 3.22. The first-order valence-electron chi connectivity index (χ1n) is 7.10. The van der Waals surface area contributed by atoms with Crippen molar-refractivity contribution in [3.05, 3.63) is 0 Å². The molecule has 0 aromatic rings. The monoisotopic (exact) mass is 243 g/mol. The van der Waals surface area contributed by atoms with Crippen LogP contribution < -0.4 is 0 Å². The standard InChI is InChI=1S/C14H29NO2/c1-3-15(8-5-9-16)11-14(12-17)7-4-6-13(2)10-14/h13,16-17H,3-12H2,1-2H3. The van der Waals surface area contributed by atoms with Gasteiger partial charge in [-0.3, -0.25) is 0 Å². The summed E-state index contributed by atoms with van der Waals surface area (Å²) in [4.78, 5) is 2.38. The zero-order chi connectivity index (χ0) is 12.7. The minimum absolute atomic E-state index is 0.114. The average Bonchev–Trinajstić information content (AvgIpc) is 2.34. The SMILES string of the molecule is CCN(CCCO)CC1(CO)CCCC(C)C1. The van der Waals surface area contributed by atoms with Crippen LogP contribution in [0.3, 0.4) is 0 Å². The van der Waals surface area contributed by atoms with E-state index >= 15 is 0 Å². The Morgan fingerprint density at radius 1 is 1.35 bits per heavy atom. The Morgan fingerprint density at radius 3 is 2.65 bits per heavy atom. The van der Waals surface area contributed by atoms with Crippen LogP contribution in [0, 0.1) is 11.3 Å². The third-order valence-corrected chi connectivity index (χ3v) is 4.16. The first-order valence-corrected chi connectivity index (χ1v) is 7.10. The molecule has 1 rings (SSSR count). The molecule has 2 atom stereocenters. The van der Waals surface area contributed by atoms with Gasteiger partial charge in [0.25, 0.3) is 0 Å². The smallest absolute Gasteiger partial charge is 0.0499 e. The van der Waals surface area contributed by atoms with E-state index in [2.05, 4.69) is 18.7 Å². The van der Waals surface area contributed by atoms with Gasteiger partial charge in [0.1, 0.15) is 0 Å². The van der Waals surface area contributed by atoms with Crippen molar-refractivity contribution < 1.29 is 10.2 Å². The summed E-state index contributed by atoms with van der Waals surface area (Å²) in [6.45, 7) is 7.98. The lowest BCUT2D eigenvalue weighted by molar-refractivity contribution is 0.0238. The topological polar surface area (TPSA) is 43.7 Å². The van der Waals surface area contributed by atoms with E-state index in [9.17, 15) is 5.11 Å². The molecule has 0 aliphatic heterocycles. The summed E-state index contributed by atoms with van der Waals surface area (Å²) in [6, 6.07) is 0. The van der Waals surface area contributed by atoms with Crippen molar-refractivity contribution in [3.63, 3.8) is 0 Å². The molecule has 3 nitrogen and oxygen atoms in total. The van der Waals surface area contributed by atoms with E-state index in [1.165, 1.54) is 12.8 Å². The average molecular weight is 243 g/mol. The summed E-state index contributed by atoms with van der Waals surface area (Å²) < 4.78 is 0. The molecule has 102 valence electrons. The molecule has 0 amide bonds. The first kappa shape index (κ1) is 14.9. The lowest BCUT2D eigenvalue weighted by Gasteiger charge is -2.42. The van der Waals surface area contributed by atoms with Gasteiger partial charge in [-0.2, -0.15) is 0 Å². The molecule has 0 aromatic heterocycles. The lowest BCUT2D eigenvalue weighted by atomic mass is 9.70. The number of hydrogen-bond donors (Lipinski definition) is 2. The number of hydrogen-bond acceptors (Lipinski definition) is 3. The molecule has 2 unspecified atom stereocenters. The molecule has 17 heavy (non-hydrogen) atoms. The van der Waals surface area contributed by atoms with Crippen LogP contribution in [-0.4, -0.2) is 48.0 Å². The molecule has 0 spiro atoms. The summed E-state index contributed by atoms with van der Waals surface area (Å²) in [5.74, 6) is 0.743. The van der Waals surface area contributed by atoms with E-state index in [0.717, 1.165) is 44.8 Å². The molecule has 1 saturated carbocycles. The van der Waals surface area contributed by atoms with E-state index in [-0.39, 0.29) is 12.0 Å². The van der Waals surface area contributed by atoms with E-state index in [1.807, 2.05) is 0 Å². The summed E-state index contributed by atoms with van der Waals surface area (Å²) in [7, 11) is 0. The van der Waals surface area contributed by atoms with Crippen molar-refractivity contribution in [3.8, 4) is 0 Å². The second-order valence-electron chi connectivity index (χ2n) is 5.81. The van der Waals surface area contributed by atoms with Gasteiger partial charge >= 0.3 is 0 Å². The Labute approximate surface area is 106 Å². The zero-order valence-electron chi connectivity index (χ0n) is 11.5. The molecule has 0 bridgehead atoms. The summed E-state index contributed by atoms with van der Waals surface area (Å²) in [5.41, 5.74) is 0.114. The highest BCUT2D eigenvalue weighted by atomic mass is 16.3. The van der Waals surface area contributed by atoms with E-state index in [0.29, 0.717) is 6.61 Å². The van der Waals surface area contributed by atoms with Crippen molar-refractivity contribution in [2.24, 2.45) is 11.3 Å². The van der Waals surface area contributed by atoms with Crippen LogP contribution in [0.5, 0.6) is 0 Å². The highest BCUT2D eigenvalue weighted by Crippen LogP contribution is 2.39. The van der Waals surface area contributed by atoms with Crippen LogP contribution in [0.1, 0.15) is 46.0 Å². The molecule has 0 heterocycles. The molecule has 0 aromatic carbocycles. The van der Waals surface area contributed by atoms with Gasteiger partial charge in [-0.25, -0.2) is 0 Å². The molecular formula is C14H29NO2. The fraction of sp³-hybridized carbons (Fsp3) is 1.00. The number of aliphatic hydroxyl groups excluding tert-OH is 2. The van der Waals surface area contributed by atoms with E-state index in [4.69, 9.17) is 5.11 Å². The summed E-state index contributed by atoms with van der Waals surface area (Å²) >= 11 is 0. The maximum absolute atomic E-state index is 9.75. The van der Waals surface area contributed by atoms with E-state index in [1.54, 1.807) is 0 Å². The maximum atomic E-state index is 9.75. The second kappa shape index (κ2) is 7.34. The van der Waals surface area contributed by atoms with Gasteiger partial charge in [-0.1, -0.05) is 26.7 Å². The minimum Gasteiger partial charge on any atom is -0.396 e. The van der Waals surface area contributed by atoms with E-state index < -0.39 is 0 Å². The van der Waals surface area contributed by atoms with Gasteiger partial charge in [-0.15, -0.1) is 0 Å². The minimum atomic E-state index is 0.114. The van der Waals surface area contributed by atoms with Crippen molar-refractivity contribution in [1.29, 1.82) is 0 Å². The lowest BCUT2D eigenvalue weighted by Crippen LogP contribution is -2.43. The molecule has 1 aliphatic carbocycles. The van der Waals surface area contributed by atoms with Crippen molar-refractivity contribution in [2.75, 3.05) is 32.8 Å². The predicted molar refractivity (Wildman–Crippen MR) is 71.0 cm³/mol. The highest BCUT2D eigenvalue weighted by molar-refractivity contribution is 4.87. The fourth-order valence-electron chi connectivity index (χ4n) is 3.22. The third-order valence-electron chi connectivity index (χ3n) is 4.16.